The van der Waals surface area contributed by atoms with Crippen molar-refractivity contribution in [1.82, 2.24) is 10.2 Å². The Kier molecular flexibility index (Phi) is 7.39. The summed E-state index contributed by atoms with van der Waals surface area (Å²) < 4.78 is 11.6. The number of oxime groups is 1. The van der Waals surface area contributed by atoms with Crippen LogP contribution in [0.4, 0.5) is 0 Å². The molecule has 2 heterocycles. The number of nitrogens with one attached hydrogen (secondary N) is 1. The number of hydrogen-bond donors (Lipinski definition) is 2. The molecule has 10 heteroatoms. The lowest BCUT2D eigenvalue weighted by Gasteiger charge is -2.36. The number of furan rings is 1. The van der Waals surface area contributed by atoms with E-state index in [0.29, 0.717) is 33.5 Å². The van der Waals surface area contributed by atoms with Gasteiger partial charge in [0, 0.05) is 17.0 Å². The van der Waals surface area contributed by atoms with Crippen LogP contribution in [0.5, 0.6) is 5.75 Å². The van der Waals surface area contributed by atoms with E-state index in [1.807, 2.05) is 0 Å². The summed E-state index contributed by atoms with van der Waals surface area (Å²) in [5.41, 5.74) is 1.10. The molecule has 2 fully saturated rings. The Hall–Kier alpha value is -2.78. The first-order valence-electron chi connectivity index (χ1n) is 11.9. The normalized spacial score (nSPS) is 17.9. The fraction of sp³-hybridized carbons (Fsp3) is 0.385. The molecule has 0 bridgehead atoms. The maximum atomic E-state index is 13.4. The Morgan fingerprint density at radius 2 is 2.03 bits per heavy atom. The minimum atomic E-state index is -1.01. The fourth-order valence-corrected chi connectivity index (χ4v) is 4.53. The summed E-state index contributed by atoms with van der Waals surface area (Å²) in [5.74, 6) is 0.290. The highest BCUT2D eigenvalue weighted by Crippen LogP contribution is 2.34. The van der Waals surface area contributed by atoms with E-state index in [2.05, 4.69) is 15.4 Å². The maximum absolute atomic E-state index is 13.4. The summed E-state index contributed by atoms with van der Waals surface area (Å²) in [6.07, 6.45) is 2.32. The van der Waals surface area contributed by atoms with E-state index in [9.17, 15) is 9.90 Å². The van der Waals surface area contributed by atoms with Crippen molar-refractivity contribution < 1.29 is 23.9 Å². The van der Waals surface area contributed by atoms with Gasteiger partial charge >= 0.3 is 0 Å². The smallest absolute Gasteiger partial charge is 0.277 e. The molecule has 1 saturated carbocycles. The molecule has 0 unspecified atom stereocenters. The Morgan fingerprint density at radius 1 is 1.22 bits per heavy atom. The molecule has 1 amide bonds. The van der Waals surface area contributed by atoms with Gasteiger partial charge in [0.2, 0.25) is 5.71 Å². The molecule has 1 saturated heterocycles. The summed E-state index contributed by atoms with van der Waals surface area (Å²) in [5, 5.41) is 19.8. The number of rotatable bonds is 10. The van der Waals surface area contributed by atoms with Crippen LogP contribution in [0.25, 0.3) is 11.0 Å². The maximum Gasteiger partial charge on any atom is 0.277 e. The highest BCUT2D eigenvalue weighted by molar-refractivity contribution is 6.44. The van der Waals surface area contributed by atoms with Gasteiger partial charge in [-0.2, -0.15) is 0 Å². The van der Waals surface area contributed by atoms with Crippen molar-refractivity contribution in [3.05, 3.63) is 63.8 Å². The zero-order chi connectivity index (χ0) is 25.2. The minimum Gasteiger partial charge on any atom is -0.489 e. The molecule has 1 aromatic heterocycles. The second-order valence-electron chi connectivity index (χ2n) is 9.10. The van der Waals surface area contributed by atoms with Crippen LogP contribution >= 0.6 is 23.2 Å². The first kappa shape index (κ1) is 24.9. The van der Waals surface area contributed by atoms with Crippen LogP contribution in [-0.2, 0) is 9.63 Å². The number of hydrogen-bond acceptors (Lipinski definition) is 7. The molecule has 2 atom stereocenters. The lowest BCUT2D eigenvalue weighted by Crippen LogP contribution is -2.52. The Morgan fingerprint density at radius 3 is 2.69 bits per heavy atom. The number of ether oxygens (including phenoxy) is 1. The quantitative estimate of drug-likeness (QED) is 0.294. The zero-order valence-corrected chi connectivity index (χ0v) is 21.3. The van der Waals surface area contributed by atoms with E-state index >= 15 is 0 Å². The number of amides is 1. The highest BCUT2D eigenvalue weighted by Gasteiger charge is 2.31. The second-order valence-corrected chi connectivity index (χ2v) is 9.94. The number of nitrogens with zero attached hydrogens (tertiary/aromatic N) is 2. The van der Waals surface area contributed by atoms with E-state index in [4.69, 9.17) is 37.2 Å². The lowest BCUT2D eigenvalue weighted by molar-refractivity contribution is -0.116. The summed E-state index contributed by atoms with van der Waals surface area (Å²) in [6.45, 7) is 2.26. The Balaban J connectivity index is 1.37. The van der Waals surface area contributed by atoms with Gasteiger partial charge in [-0.15, -0.1) is 0 Å². The molecule has 8 nitrogen and oxygen atoms in total. The Bertz CT molecular complexity index is 1290. The highest BCUT2D eigenvalue weighted by atomic mass is 35.5. The minimum absolute atomic E-state index is 0.0446. The van der Waals surface area contributed by atoms with Crippen molar-refractivity contribution in [2.24, 2.45) is 5.16 Å². The summed E-state index contributed by atoms with van der Waals surface area (Å²) >= 11 is 12.5. The molecule has 1 aliphatic carbocycles. The molecule has 0 radical (unpaired) electrons. The summed E-state index contributed by atoms with van der Waals surface area (Å²) in [4.78, 5) is 20.5. The van der Waals surface area contributed by atoms with Crippen LogP contribution in [0.3, 0.4) is 0 Å². The first-order chi connectivity index (χ1) is 17.4. The molecular formula is C26H27Cl2N3O5. The van der Waals surface area contributed by atoms with Gasteiger partial charge in [0.15, 0.2) is 5.76 Å². The average molecular weight is 532 g/mol. The van der Waals surface area contributed by atoms with Gasteiger partial charge in [0.25, 0.3) is 5.91 Å². The van der Waals surface area contributed by atoms with Crippen molar-refractivity contribution in [1.29, 1.82) is 0 Å². The molecule has 190 valence electrons. The molecule has 1 aliphatic heterocycles. The average Bonchev–Trinajstić information content (AvgIpc) is 3.55. The van der Waals surface area contributed by atoms with Crippen LogP contribution in [0.2, 0.25) is 10.0 Å². The van der Waals surface area contributed by atoms with E-state index in [0.717, 1.165) is 37.7 Å². The number of aliphatic hydroxyl groups is 1. The van der Waals surface area contributed by atoms with Crippen LogP contribution in [-0.4, -0.2) is 60.5 Å². The van der Waals surface area contributed by atoms with E-state index in [-0.39, 0.29) is 17.6 Å². The van der Waals surface area contributed by atoms with Crippen molar-refractivity contribution in [3.8, 4) is 5.75 Å². The number of carbonyl (C=O) groups is 1. The number of fused-ring (bicyclic) bond motifs is 1. The van der Waals surface area contributed by atoms with Gasteiger partial charge in [-0.05, 0) is 74.3 Å². The van der Waals surface area contributed by atoms with Gasteiger partial charge in [-0.1, -0.05) is 34.4 Å². The fourth-order valence-electron chi connectivity index (χ4n) is 4.12. The SMILES string of the molecule is CO/N=C(/C(=O)N[C@H](CN1CCC1)[C@H](O)c1ccc(OC2CC2)c(Cl)c1)c1cc2cc(Cl)ccc2o1. The molecular weight excluding hydrogens is 505 g/mol. The molecule has 5 rings (SSSR count). The van der Waals surface area contributed by atoms with E-state index in [1.165, 1.54) is 7.11 Å². The third-order valence-electron chi connectivity index (χ3n) is 6.33. The van der Waals surface area contributed by atoms with Crippen LogP contribution in [0.1, 0.15) is 36.7 Å². The van der Waals surface area contributed by atoms with Gasteiger partial charge in [0.05, 0.1) is 17.2 Å². The van der Waals surface area contributed by atoms with Crippen molar-refractivity contribution in [2.75, 3.05) is 26.7 Å². The molecule has 2 aromatic carbocycles. The van der Waals surface area contributed by atoms with Gasteiger partial charge in [-0.3, -0.25) is 4.79 Å². The Labute approximate surface area is 218 Å². The molecule has 0 spiro atoms. The van der Waals surface area contributed by atoms with Crippen LogP contribution in [0, 0.1) is 0 Å². The number of carbonyl (C=O) groups excluding carboxylic acids is 1. The molecule has 2 aliphatic rings. The standard InChI is InChI=1S/C26H27Cl2N3O5/c1-34-30-24(23-13-16-11-17(27)4-8-21(16)36-23)26(33)29-20(14-31-9-2-10-31)25(32)15-3-7-22(19(28)12-15)35-18-5-6-18/h3-4,7-8,11-13,18,20,25,32H,2,5-6,9-10,14H2,1H3,(H,29,33)/b30-24+/t20-,25-/m1/s1. The van der Waals surface area contributed by atoms with Crippen molar-refractivity contribution in [2.45, 2.75) is 37.5 Å². The largest absolute Gasteiger partial charge is 0.489 e. The zero-order valence-electron chi connectivity index (χ0n) is 19.7. The monoisotopic (exact) mass is 531 g/mol. The third-order valence-corrected chi connectivity index (χ3v) is 6.86. The number of benzene rings is 2. The molecule has 2 N–H and O–H groups in total. The predicted molar refractivity (Wildman–Crippen MR) is 138 cm³/mol. The number of likely N-dealkylation sites (tertiary alicyclic amines) is 1. The van der Waals surface area contributed by atoms with Gasteiger partial charge in [0.1, 0.15) is 24.5 Å². The van der Waals surface area contributed by atoms with Gasteiger partial charge in [-0.25, -0.2) is 0 Å². The van der Waals surface area contributed by atoms with E-state index < -0.39 is 18.1 Å². The molecule has 36 heavy (non-hydrogen) atoms. The predicted octanol–water partition coefficient (Wildman–Crippen LogP) is 4.56. The van der Waals surface area contributed by atoms with E-state index in [1.54, 1.807) is 42.5 Å². The molecule has 3 aromatic rings. The second kappa shape index (κ2) is 10.7. The third kappa shape index (κ3) is 5.62. The van der Waals surface area contributed by atoms with Crippen LogP contribution in [0.15, 0.2) is 52.0 Å². The number of halogens is 2. The van der Waals surface area contributed by atoms with Gasteiger partial charge < -0.3 is 29.3 Å². The number of aliphatic hydroxyl groups excluding tert-OH is 1. The van der Waals surface area contributed by atoms with Crippen LogP contribution < -0.4 is 10.1 Å². The summed E-state index contributed by atoms with van der Waals surface area (Å²) in [6, 6.07) is 11.4. The first-order valence-corrected chi connectivity index (χ1v) is 12.6. The van der Waals surface area contributed by atoms with Crippen molar-refractivity contribution in [3.63, 3.8) is 0 Å². The topological polar surface area (TPSA) is 96.5 Å². The summed E-state index contributed by atoms with van der Waals surface area (Å²) in [7, 11) is 1.35. The lowest BCUT2D eigenvalue weighted by atomic mass is 10.00. The van der Waals surface area contributed by atoms with Crippen molar-refractivity contribution >= 4 is 45.8 Å².